The molecular weight excluding hydrogens is 262 g/mol. The van der Waals surface area contributed by atoms with E-state index in [1.54, 1.807) is 41.8 Å². The summed E-state index contributed by atoms with van der Waals surface area (Å²) in [5.41, 5.74) is 1.85. The van der Waals surface area contributed by atoms with Crippen LogP contribution >= 0.6 is 12.4 Å². The van der Waals surface area contributed by atoms with Gasteiger partial charge in [-0.05, 0) is 36.2 Å². The van der Waals surface area contributed by atoms with Crippen LogP contribution in [0.2, 0.25) is 0 Å². The second kappa shape index (κ2) is 7.48. The molecule has 0 unspecified atom stereocenters. The zero-order valence-electron chi connectivity index (χ0n) is 10.7. The summed E-state index contributed by atoms with van der Waals surface area (Å²) in [6, 6.07) is 7.38. The molecule has 0 N–H and O–H groups in total. The van der Waals surface area contributed by atoms with E-state index in [0.717, 1.165) is 6.42 Å². The molecule has 2 aromatic heterocycles. The molecule has 0 fully saturated rings. The summed E-state index contributed by atoms with van der Waals surface area (Å²) >= 11 is 0. The molecule has 4 nitrogen and oxygen atoms in total. The van der Waals surface area contributed by atoms with E-state index in [9.17, 15) is 4.79 Å². The summed E-state index contributed by atoms with van der Waals surface area (Å²) in [5, 5.41) is 0. The lowest BCUT2D eigenvalue weighted by atomic mass is 10.2. The predicted octanol–water partition coefficient (Wildman–Crippen LogP) is 2.21. The third-order valence-electron chi connectivity index (χ3n) is 2.76. The third kappa shape index (κ3) is 4.34. The van der Waals surface area contributed by atoms with Crippen LogP contribution in [-0.4, -0.2) is 34.4 Å². The smallest absolute Gasteiger partial charge is 0.253 e. The second-order valence-electron chi connectivity index (χ2n) is 4.07. The van der Waals surface area contributed by atoms with Crippen molar-refractivity contribution >= 4 is 18.3 Å². The van der Waals surface area contributed by atoms with Crippen LogP contribution in [0.25, 0.3) is 0 Å². The molecule has 0 aromatic carbocycles. The van der Waals surface area contributed by atoms with Crippen LogP contribution in [-0.2, 0) is 6.42 Å². The monoisotopic (exact) mass is 277 g/mol. The molecule has 0 saturated carbocycles. The van der Waals surface area contributed by atoms with Gasteiger partial charge in [0, 0.05) is 43.9 Å². The van der Waals surface area contributed by atoms with Crippen molar-refractivity contribution in [3.8, 4) is 0 Å². The topological polar surface area (TPSA) is 46.1 Å². The van der Waals surface area contributed by atoms with Crippen molar-refractivity contribution in [3.63, 3.8) is 0 Å². The van der Waals surface area contributed by atoms with Gasteiger partial charge in [0.05, 0.1) is 0 Å². The Morgan fingerprint density at radius 3 is 2.16 bits per heavy atom. The molecule has 0 bridgehead atoms. The van der Waals surface area contributed by atoms with Crippen LogP contribution in [0.5, 0.6) is 0 Å². The molecule has 0 aliphatic rings. The fourth-order valence-corrected chi connectivity index (χ4v) is 1.66. The van der Waals surface area contributed by atoms with Crippen molar-refractivity contribution in [2.75, 3.05) is 13.6 Å². The van der Waals surface area contributed by atoms with Gasteiger partial charge in [-0.2, -0.15) is 0 Å². The lowest BCUT2D eigenvalue weighted by Crippen LogP contribution is -2.28. The molecule has 0 spiro atoms. The summed E-state index contributed by atoms with van der Waals surface area (Å²) < 4.78 is 0. The van der Waals surface area contributed by atoms with Crippen LogP contribution in [0.3, 0.4) is 0 Å². The largest absolute Gasteiger partial charge is 0.341 e. The van der Waals surface area contributed by atoms with Crippen molar-refractivity contribution in [1.29, 1.82) is 0 Å². The average molecular weight is 278 g/mol. The first-order valence-electron chi connectivity index (χ1n) is 5.82. The van der Waals surface area contributed by atoms with Gasteiger partial charge in [0.2, 0.25) is 0 Å². The van der Waals surface area contributed by atoms with Gasteiger partial charge in [-0.25, -0.2) is 0 Å². The van der Waals surface area contributed by atoms with Gasteiger partial charge >= 0.3 is 0 Å². The maximum atomic E-state index is 12.1. The highest BCUT2D eigenvalue weighted by Crippen LogP contribution is 2.04. The Labute approximate surface area is 118 Å². The molecule has 0 saturated heterocycles. The molecule has 1 amide bonds. The van der Waals surface area contributed by atoms with Gasteiger partial charge < -0.3 is 4.90 Å². The Kier molecular flexibility index (Phi) is 5.96. The molecule has 5 heteroatoms. The first-order chi connectivity index (χ1) is 8.77. The van der Waals surface area contributed by atoms with E-state index >= 15 is 0 Å². The SMILES string of the molecule is CN(CCc1ccncc1)C(=O)c1ccncc1.Cl. The third-order valence-corrected chi connectivity index (χ3v) is 2.76. The molecule has 0 atom stereocenters. The van der Waals surface area contributed by atoms with Crippen LogP contribution in [0.4, 0.5) is 0 Å². The number of rotatable bonds is 4. The molecule has 2 aromatic rings. The Bertz CT molecular complexity index is 505. The highest BCUT2D eigenvalue weighted by Gasteiger charge is 2.10. The first kappa shape index (κ1) is 15.1. The predicted molar refractivity (Wildman–Crippen MR) is 76.4 cm³/mol. The molecule has 2 heterocycles. The van der Waals surface area contributed by atoms with Crippen molar-refractivity contribution in [2.45, 2.75) is 6.42 Å². The number of halogens is 1. The van der Waals surface area contributed by atoms with Gasteiger partial charge in [-0.15, -0.1) is 12.4 Å². The highest BCUT2D eigenvalue weighted by atomic mass is 35.5. The number of nitrogens with zero attached hydrogens (tertiary/aromatic N) is 3. The number of likely N-dealkylation sites (N-methyl/N-ethyl adjacent to an activating group) is 1. The average Bonchev–Trinajstić information content (AvgIpc) is 2.46. The van der Waals surface area contributed by atoms with Gasteiger partial charge in [0.15, 0.2) is 0 Å². The minimum Gasteiger partial charge on any atom is -0.341 e. The number of aromatic nitrogens is 2. The van der Waals surface area contributed by atoms with Gasteiger partial charge in [0.25, 0.3) is 5.91 Å². The molecule has 0 radical (unpaired) electrons. The van der Waals surface area contributed by atoms with E-state index in [2.05, 4.69) is 9.97 Å². The Morgan fingerprint density at radius 2 is 1.58 bits per heavy atom. The molecule has 0 aliphatic carbocycles. The fraction of sp³-hybridized carbons (Fsp3) is 0.214. The number of hydrogen-bond donors (Lipinski definition) is 0. The van der Waals surface area contributed by atoms with Crippen molar-refractivity contribution in [2.24, 2.45) is 0 Å². The lowest BCUT2D eigenvalue weighted by molar-refractivity contribution is 0.0796. The summed E-state index contributed by atoms with van der Waals surface area (Å²) in [4.78, 5) is 21.6. The molecule has 2 rings (SSSR count). The zero-order chi connectivity index (χ0) is 12.8. The normalized spacial score (nSPS) is 9.53. The number of carbonyl (C=O) groups is 1. The Morgan fingerprint density at radius 1 is 1.05 bits per heavy atom. The maximum absolute atomic E-state index is 12.1. The number of amides is 1. The van der Waals surface area contributed by atoms with E-state index in [-0.39, 0.29) is 18.3 Å². The van der Waals surface area contributed by atoms with Gasteiger partial charge in [0.1, 0.15) is 0 Å². The van der Waals surface area contributed by atoms with E-state index < -0.39 is 0 Å². The maximum Gasteiger partial charge on any atom is 0.253 e. The quantitative estimate of drug-likeness (QED) is 0.861. The summed E-state index contributed by atoms with van der Waals surface area (Å²) in [7, 11) is 1.81. The van der Waals surface area contributed by atoms with Gasteiger partial charge in [-0.1, -0.05) is 0 Å². The lowest BCUT2D eigenvalue weighted by Gasteiger charge is -2.17. The zero-order valence-corrected chi connectivity index (χ0v) is 11.5. The molecule has 100 valence electrons. The minimum absolute atomic E-state index is 0. The van der Waals surface area contributed by atoms with E-state index in [1.165, 1.54) is 5.56 Å². The van der Waals surface area contributed by atoms with Crippen molar-refractivity contribution in [1.82, 2.24) is 14.9 Å². The van der Waals surface area contributed by atoms with Crippen molar-refractivity contribution < 1.29 is 4.79 Å². The summed E-state index contributed by atoms with van der Waals surface area (Å²) in [5.74, 6) is 0.0199. The number of carbonyl (C=O) groups excluding carboxylic acids is 1. The second-order valence-corrected chi connectivity index (χ2v) is 4.07. The summed E-state index contributed by atoms with van der Waals surface area (Å²) in [6.07, 6.45) is 7.61. The first-order valence-corrected chi connectivity index (χ1v) is 5.82. The Balaban J connectivity index is 0.00000180. The van der Waals surface area contributed by atoms with Crippen LogP contribution in [0.1, 0.15) is 15.9 Å². The van der Waals surface area contributed by atoms with E-state index in [1.807, 2.05) is 19.2 Å². The van der Waals surface area contributed by atoms with Crippen LogP contribution in [0.15, 0.2) is 49.1 Å². The minimum atomic E-state index is 0. The van der Waals surface area contributed by atoms with Gasteiger partial charge in [-0.3, -0.25) is 14.8 Å². The fourth-order valence-electron chi connectivity index (χ4n) is 1.66. The van der Waals surface area contributed by atoms with Crippen LogP contribution in [0, 0.1) is 0 Å². The summed E-state index contributed by atoms with van der Waals surface area (Å²) in [6.45, 7) is 0.686. The molecular formula is C14H16ClN3O. The molecule has 19 heavy (non-hydrogen) atoms. The highest BCUT2D eigenvalue weighted by molar-refractivity contribution is 5.93. The van der Waals surface area contributed by atoms with Crippen LogP contribution < -0.4 is 0 Å². The number of pyridine rings is 2. The van der Waals surface area contributed by atoms with E-state index in [4.69, 9.17) is 0 Å². The van der Waals surface area contributed by atoms with Crippen molar-refractivity contribution in [3.05, 3.63) is 60.2 Å². The molecule has 0 aliphatic heterocycles. The Hall–Kier alpha value is -1.94. The number of hydrogen-bond acceptors (Lipinski definition) is 3. The van der Waals surface area contributed by atoms with E-state index in [0.29, 0.717) is 12.1 Å². The standard InChI is InChI=1S/C14H15N3O.ClH/c1-17(11-6-12-2-7-15-8-3-12)14(18)13-4-9-16-10-5-13;/h2-5,7-10H,6,11H2,1H3;1H.